The lowest BCUT2D eigenvalue weighted by atomic mass is 10.1. The topological polar surface area (TPSA) is 49.3 Å². The Labute approximate surface area is 126 Å². The summed E-state index contributed by atoms with van der Waals surface area (Å²) < 4.78 is 0.924. The first-order valence-electron chi connectivity index (χ1n) is 6.33. The summed E-state index contributed by atoms with van der Waals surface area (Å²) in [5, 5.41) is 12.0. The molecule has 0 aliphatic rings. The summed E-state index contributed by atoms with van der Waals surface area (Å²) >= 11 is 3.42. The molecule has 0 bridgehead atoms. The quantitative estimate of drug-likeness (QED) is 0.902. The molecule has 1 amide bonds. The molecule has 2 rings (SSSR count). The zero-order chi connectivity index (χ0) is 14.5. The molecule has 0 spiro atoms. The average Bonchev–Trinajstić information content (AvgIpc) is 2.47. The first-order valence-corrected chi connectivity index (χ1v) is 7.12. The Balaban J connectivity index is 2.02. The number of aliphatic hydroxyl groups is 1. The van der Waals surface area contributed by atoms with Gasteiger partial charge in [-0.3, -0.25) is 4.79 Å². The van der Waals surface area contributed by atoms with Crippen LogP contribution >= 0.6 is 15.9 Å². The summed E-state index contributed by atoms with van der Waals surface area (Å²) in [6, 6.07) is 13.0. The minimum absolute atomic E-state index is 0.00664. The number of halogens is 1. The van der Waals surface area contributed by atoms with Gasteiger partial charge in [0.1, 0.15) is 0 Å². The molecule has 0 radical (unpaired) electrons. The van der Waals surface area contributed by atoms with E-state index in [9.17, 15) is 4.79 Å². The van der Waals surface area contributed by atoms with Gasteiger partial charge in [-0.25, -0.2) is 0 Å². The molecule has 0 atom stereocenters. The Morgan fingerprint density at radius 3 is 2.65 bits per heavy atom. The Hall–Kier alpha value is -1.65. The van der Waals surface area contributed by atoms with E-state index in [4.69, 9.17) is 5.11 Å². The molecule has 0 saturated carbocycles. The molecule has 3 nitrogen and oxygen atoms in total. The number of amides is 1. The van der Waals surface area contributed by atoms with Gasteiger partial charge in [0.05, 0.1) is 6.61 Å². The highest BCUT2D eigenvalue weighted by Crippen LogP contribution is 2.17. The number of rotatable bonds is 4. The predicted molar refractivity (Wildman–Crippen MR) is 82.4 cm³/mol. The van der Waals surface area contributed by atoms with E-state index in [1.165, 1.54) is 0 Å². The van der Waals surface area contributed by atoms with Crippen molar-refractivity contribution in [1.29, 1.82) is 0 Å². The molecular formula is C16H16BrNO2. The Morgan fingerprint density at radius 2 is 1.95 bits per heavy atom. The van der Waals surface area contributed by atoms with Gasteiger partial charge in [-0.2, -0.15) is 0 Å². The van der Waals surface area contributed by atoms with Gasteiger partial charge in [0.25, 0.3) is 5.91 Å². The van der Waals surface area contributed by atoms with E-state index in [-0.39, 0.29) is 12.5 Å². The van der Waals surface area contributed by atoms with Crippen molar-refractivity contribution in [3.63, 3.8) is 0 Å². The third-order valence-corrected chi connectivity index (χ3v) is 3.92. The van der Waals surface area contributed by atoms with Crippen molar-refractivity contribution in [2.45, 2.75) is 20.1 Å². The van der Waals surface area contributed by atoms with E-state index < -0.39 is 0 Å². The van der Waals surface area contributed by atoms with E-state index in [1.54, 1.807) is 6.07 Å². The van der Waals surface area contributed by atoms with Crippen LogP contribution in [0.5, 0.6) is 0 Å². The lowest BCUT2D eigenvalue weighted by Crippen LogP contribution is -2.22. The standard InChI is InChI=1S/C16H16BrNO2/c1-11-5-6-14(8-15(11)17)16(20)18-9-12-3-2-4-13(7-12)10-19/h2-8,19H,9-10H2,1H3,(H,18,20). The van der Waals surface area contributed by atoms with Crippen LogP contribution in [0.2, 0.25) is 0 Å². The van der Waals surface area contributed by atoms with Crippen LogP contribution in [0.15, 0.2) is 46.9 Å². The van der Waals surface area contributed by atoms with Crippen LogP contribution < -0.4 is 5.32 Å². The second-order valence-electron chi connectivity index (χ2n) is 4.62. The fraction of sp³-hybridized carbons (Fsp3) is 0.188. The van der Waals surface area contributed by atoms with Crippen molar-refractivity contribution in [2.24, 2.45) is 0 Å². The number of carbonyl (C=O) groups is 1. The van der Waals surface area contributed by atoms with Crippen LogP contribution in [0.25, 0.3) is 0 Å². The van der Waals surface area contributed by atoms with E-state index >= 15 is 0 Å². The lowest BCUT2D eigenvalue weighted by Gasteiger charge is -2.08. The molecule has 20 heavy (non-hydrogen) atoms. The van der Waals surface area contributed by atoms with Gasteiger partial charge in [0.15, 0.2) is 0 Å². The third kappa shape index (κ3) is 3.68. The molecule has 0 saturated heterocycles. The van der Waals surface area contributed by atoms with E-state index in [0.717, 1.165) is 21.2 Å². The van der Waals surface area contributed by atoms with Crippen LogP contribution in [-0.2, 0) is 13.2 Å². The predicted octanol–water partition coefficient (Wildman–Crippen LogP) is 3.18. The van der Waals surface area contributed by atoms with Crippen LogP contribution in [-0.4, -0.2) is 11.0 Å². The SMILES string of the molecule is Cc1ccc(C(=O)NCc2cccc(CO)c2)cc1Br. The molecule has 0 unspecified atom stereocenters. The van der Waals surface area contributed by atoms with E-state index in [1.807, 2.05) is 43.3 Å². The smallest absolute Gasteiger partial charge is 0.251 e. The summed E-state index contributed by atoms with van der Waals surface area (Å²) in [5.41, 5.74) is 3.53. The molecular weight excluding hydrogens is 318 g/mol. The van der Waals surface area contributed by atoms with Crippen LogP contribution in [0.3, 0.4) is 0 Å². The molecule has 4 heteroatoms. The molecule has 2 aromatic carbocycles. The van der Waals surface area contributed by atoms with E-state index in [0.29, 0.717) is 12.1 Å². The van der Waals surface area contributed by atoms with Gasteiger partial charge in [-0.15, -0.1) is 0 Å². The van der Waals surface area contributed by atoms with Gasteiger partial charge in [0.2, 0.25) is 0 Å². The Kier molecular flexibility index (Phi) is 4.93. The summed E-state index contributed by atoms with van der Waals surface area (Å²) in [6.07, 6.45) is 0. The highest BCUT2D eigenvalue weighted by molar-refractivity contribution is 9.10. The maximum atomic E-state index is 12.1. The number of benzene rings is 2. The molecule has 0 fully saturated rings. The van der Waals surface area contributed by atoms with Crippen molar-refractivity contribution < 1.29 is 9.90 Å². The summed E-state index contributed by atoms with van der Waals surface area (Å²) in [5.74, 6) is -0.111. The van der Waals surface area contributed by atoms with Crippen LogP contribution in [0.4, 0.5) is 0 Å². The maximum absolute atomic E-state index is 12.1. The largest absolute Gasteiger partial charge is 0.392 e. The molecule has 2 N–H and O–H groups in total. The summed E-state index contributed by atoms with van der Waals surface area (Å²) in [4.78, 5) is 12.1. The summed E-state index contributed by atoms with van der Waals surface area (Å²) in [6.45, 7) is 2.43. The van der Waals surface area contributed by atoms with Gasteiger partial charge in [-0.1, -0.05) is 46.3 Å². The zero-order valence-corrected chi connectivity index (χ0v) is 12.8. The minimum Gasteiger partial charge on any atom is -0.392 e. The van der Waals surface area contributed by atoms with Crippen molar-refractivity contribution in [1.82, 2.24) is 5.32 Å². The van der Waals surface area contributed by atoms with Crippen molar-refractivity contribution in [2.75, 3.05) is 0 Å². The minimum atomic E-state index is -0.111. The lowest BCUT2D eigenvalue weighted by molar-refractivity contribution is 0.0951. The molecule has 0 heterocycles. The normalized spacial score (nSPS) is 10.3. The fourth-order valence-corrected chi connectivity index (χ4v) is 2.24. The fourth-order valence-electron chi connectivity index (χ4n) is 1.86. The highest BCUT2D eigenvalue weighted by Gasteiger charge is 2.07. The first kappa shape index (κ1) is 14.8. The molecule has 0 aromatic heterocycles. The van der Waals surface area contributed by atoms with Gasteiger partial charge in [0, 0.05) is 16.6 Å². The zero-order valence-electron chi connectivity index (χ0n) is 11.2. The second-order valence-corrected chi connectivity index (χ2v) is 5.48. The van der Waals surface area contributed by atoms with E-state index in [2.05, 4.69) is 21.2 Å². The monoisotopic (exact) mass is 333 g/mol. The average molecular weight is 334 g/mol. The number of nitrogens with one attached hydrogen (secondary N) is 1. The highest BCUT2D eigenvalue weighted by atomic mass is 79.9. The number of hydrogen-bond donors (Lipinski definition) is 2. The number of aryl methyl sites for hydroxylation is 1. The number of hydrogen-bond acceptors (Lipinski definition) is 2. The second kappa shape index (κ2) is 6.68. The van der Waals surface area contributed by atoms with Gasteiger partial charge >= 0.3 is 0 Å². The number of aliphatic hydroxyl groups excluding tert-OH is 1. The van der Waals surface area contributed by atoms with Crippen LogP contribution in [0, 0.1) is 6.92 Å². The molecule has 104 valence electrons. The third-order valence-electron chi connectivity index (χ3n) is 3.06. The van der Waals surface area contributed by atoms with Crippen molar-refractivity contribution >= 4 is 21.8 Å². The maximum Gasteiger partial charge on any atom is 0.251 e. The van der Waals surface area contributed by atoms with Crippen molar-refractivity contribution in [3.8, 4) is 0 Å². The van der Waals surface area contributed by atoms with Crippen molar-refractivity contribution in [3.05, 3.63) is 69.2 Å². The molecule has 0 aliphatic carbocycles. The molecule has 0 aliphatic heterocycles. The van der Waals surface area contributed by atoms with Crippen LogP contribution in [0.1, 0.15) is 27.0 Å². The van der Waals surface area contributed by atoms with Gasteiger partial charge < -0.3 is 10.4 Å². The molecule has 2 aromatic rings. The Morgan fingerprint density at radius 1 is 1.20 bits per heavy atom. The Bertz CT molecular complexity index is 626. The number of carbonyl (C=O) groups excluding carboxylic acids is 1. The summed E-state index contributed by atoms with van der Waals surface area (Å²) in [7, 11) is 0. The first-order chi connectivity index (χ1) is 9.60. The van der Waals surface area contributed by atoms with Gasteiger partial charge in [-0.05, 0) is 35.7 Å².